The van der Waals surface area contributed by atoms with Gasteiger partial charge in [0.05, 0.1) is 29.1 Å². The summed E-state index contributed by atoms with van der Waals surface area (Å²) >= 11 is 5.72. The van der Waals surface area contributed by atoms with Gasteiger partial charge in [-0.05, 0) is 68.3 Å². The van der Waals surface area contributed by atoms with Crippen LogP contribution in [-0.2, 0) is 10.9 Å². The average molecular weight is 563 g/mol. The number of anilines is 3. The maximum absolute atomic E-state index is 13.3. The number of aromatic nitrogens is 1. The van der Waals surface area contributed by atoms with E-state index in [4.69, 9.17) is 16.3 Å². The summed E-state index contributed by atoms with van der Waals surface area (Å²) in [6.45, 7) is 2.74. The number of amides is 2. The fraction of sp³-hybridized carbons (Fsp3) is 0.357. The van der Waals surface area contributed by atoms with Crippen LogP contribution in [0.15, 0.2) is 54.7 Å². The molecule has 4 rings (SSSR count). The van der Waals surface area contributed by atoms with Gasteiger partial charge < -0.3 is 24.8 Å². The van der Waals surface area contributed by atoms with E-state index in [1.807, 2.05) is 19.1 Å². The van der Waals surface area contributed by atoms with E-state index in [2.05, 4.69) is 15.5 Å². The zero-order valence-electron chi connectivity index (χ0n) is 21.6. The lowest BCUT2D eigenvalue weighted by Crippen LogP contribution is -2.37. The number of ether oxygens (including phenoxy) is 1. The van der Waals surface area contributed by atoms with Crippen LogP contribution in [0.3, 0.4) is 0 Å². The average Bonchev–Trinajstić information content (AvgIpc) is 3.40. The van der Waals surface area contributed by atoms with Crippen LogP contribution in [0, 0.1) is 0 Å². The summed E-state index contributed by atoms with van der Waals surface area (Å²) in [5.74, 6) is -0.517. The molecule has 7 nitrogen and oxygen atoms in total. The topological polar surface area (TPSA) is 75.6 Å². The molecule has 0 atom stereocenters. The number of carbonyl (C=O) groups excluding carboxylic acids is 2. The molecule has 0 radical (unpaired) electrons. The van der Waals surface area contributed by atoms with Crippen LogP contribution in [0.25, 0.3) is 5.69 Å². The Morgan fingerprint density at radius 3 is 2.49 bits per heavy atom. The van der Waals surface area contributed by atoms with Crippen molar-refractivity contribution in [1.82, 2.24) is 4.57 Å². The monoisotopic (exact) mass is 562 g/mol. The third-order valence-corrected chi connectivity index (χ3v) is 7.17. The van der Waals surface area contributed by atoms with Gasteiger partial charge in [-0.25, -0.2) is 9.59 Å². The Morgan fingerprint density at radius 2 is 1.82 bits per heavy atom. The van der Waals surface area contributed by atoms with E-state index in [0.29, 0.717) is 29.7 Å². The standard InChI is InChI=1S/C28H30ClF3N4O3/c1-3-35(19-8-5-4-6-9-19)24-14-12-20(36-15-7-10-25(36)26(37)39-2)17-23(24)34-27(38)33-18-11-13-22(29)21(16-18)28(30,31)32/h7,10-17,19H,3-6,8-9H2,1-2H3,(H2,33,34,38). The molecule has 11 heteroatoms. The first kappa shape index (κ1) is 28.4. The molecule has 1 aliphatic rings. The zero-order valence-corrected chi connectivity index (χ0v) is 22.4. The molecule has 0 unspecified atom stereocenters. The number of benzene rings is 2. The predicted octanol–water partition coefficient (Wildman–Crippen LogP) is 7.74. The first-order valence-corrected chi connectivity index (χ1v) is 13.1. The fourth-order valence-electron chi connectivity index (χ4n) is 5.02. The van der Waals surface area contributed by atoms with E-state index < -0.39 is 28.8 Å². The molecule has 0 spiro atoms. The van der Waals surface area contributed by atoms with E-state index in [9.17, 15) is 22.8 Å². The van der Waals surface area contributed by atoms with E-state index >= 15 is 0 Å². The number of hydrogen-bond donors (Lipinski definition) is 2. The molecule has 208 valence electrons. The smallest absolute Gasteiger partial charge is 0.417 e. The zero-order chi connectivity index (χ0) is 28.2. The van der Waals surface area contributed by atoms with Crippen molar-refractivity contribution in [3.05, 3.63) is 71.0 Å². The second-order valence-electron chi connectivity index (χ2n) is 9.31. The van der Waals surface area contributed by atoms with Crippen molar-refractivity contribution < 1.29 is 27.5 Å². The number of methoxy groups -OCH3 is 1. The van der Waals surface area contributed by atoms with Crippen LogP contribution < -0.4 is 15.5 Å². The van der Waals surface area contributed by atoms with Gasteiger partial charge in [0.25, 0.3) is 0 Å². The van der Waals surface area contributed by atoms with Crippen molar-refractivity contribution >= 4 is 40.7 Å². The molecule has 2 aromatic carbocycles. The van der Waals surface area contributed by atoms with Crippen molar-refractivity contribution in [3.63, 3.8) is 0 Å². The van der Waals surface area contributed by atoms with Gasteiger partial charge in [-0.15, -0.1) is 0 Å². The Balaban J connectivity index is 1.69. The highest BCUT2D eigenvalue weighted by atomic mass is 35.5. The quantitative estimate of drug-likeness (QED) is 0.289. The van der Waals surface area contributed by atoms with E-state index in [1.54, 1.807) is 29.0 Å². The molecule has 0 saturated heterocycles. The van der Waals surface area contributed by atoms with Crippen molar-refractivity contribution in [2.75, 3.05) is 29.2 Å². The summed E-state index contributed by atoms with van der Waals surface area (Å²) in [5.41, 5.74) is 1.04. The van der Waals surface area contributed by atoms with Crippen LogP contribution in [0.2, 0.25) is 5.02 Å². The van der Waals surface area contributed by atoms with Crippen molar-refractivity contribution in [1.29, 1.82) is 0 Å². The van der Waals surface area contributed by atoms with Gasteiger partial charge in [-0.2, -0.15) is 13.2 Å². The number of hydrogen-bond acceptors (Lipinski definition) is 4. The number of urea groups is 1. The first-order valence-electron chi connectivity index (χ1n) is 12.7. The highest BCUT2D eigenvalue weighted by Gasteiger charge is 2.33. The van der Waals surface area contributed by atoms with Crippen molar-refractivity contribution in [3.8, 4) is 5.69 Å². The summed E-state index contributed by atoms with van der Waals surface area (Å²) < 4.78 is 46.5. The minimum atomic E-state index is -4.66. The second kappa shape index (κ2) is 12.0. The van der Waals surface area contributed by atoms with E-state index in [1.165, 1.54) is 19.6 Å². The molecule has 1 fully saturated rings. The SMILES string of the molecule is CCN(c1ccc(-n2cccc2C(=O)OC)cc1NC(=O)Nc1ccc(Cl)c(C(F)(F)F)c1)C1CCCCC1. The van der Waals surface area contributed by atoms with Crippen molar-refractivity contribution in [2.24, 2.45) is 0 Å². The van der Waals surface area contributed by atoms with Gasteiger partial charge >= 0.3 is 18.2 Å². The number of alkyl halides is 3. The molecular weight excluding hydrogens is 533 g/mol. The molecule has 1 aliphatic carbocycles. The number of nitrogens with zero attached hydrogens (tertiary/aromatic N) is 2. The minimum Gasteiger partial charge on any atom is -0.464 e. The Hall–Kier alpha value is -3.66. The van der Waals surface area contributed by atoms with E-state index in [-0.39, 0.29) is 5.69 Å². The summed E-state index contributed by atoms with van der Waals surface area (Å²) in [4.78, 5) is 27.6. The van der Waals surface area contributed by atoms with Crippen molar-refractivity contribution in [2.45, 2.75) is 51.2 Å². The van der Waals surface area contributed by atoms with Crippen LogP contribution in [0.1, 0.15) is 55.1 Å². The maximum Gasteiger partial charge on any atom is 0.417 e. The van der Waals surface area contributed by atoms with Gasteiger partial charge in [0.15, 0.2) is 0 Å². The number of carbonyl (C=O) groups is 2. The third-order valence-electron chi connectivity index (χ3n) is 6.85. The van der Waals surface area contributed by atoms with Gasteiger partial charge in [-0.1, -0.05) is 30.9 Å². The summed E-state index contributed by atoms with van der Waals surface area (Å²) in [7, 11) is 1.30. The lowest BCUT2D eigenvalue weighted by atomic mass is 9.93. The number of rotatable bonds is 7. The molecule has 1 heterocycles. The molecule has 0 aliphatic heterocycles. The normalized spacial score (nSPS) is 14.1. The Labute approximate surface area is 229 Å². The molecule has 3 aromatic rings. The molecule has 2 amide bonds. The largest absolute Gasteiger partial charge is 0.464 e. The maximum atomic E-state index is 13.3. The Bertz CT molecular complexity index is 1340. The van der Waals surface area contributed by atoms with Crippen LogP contribution in [-0.4, -0.2) is 36.3 Å². The van der Waals surface area contributed by atoms with Crippen LogP contribution >= 0.6 is 11.6 Å². The van der Waals surface area contributed by atoms with Gasteiger partial charge in [0.1, 0.15) is 5.69 Å². The lowest BCUT2D eigenvalue weighted by Gasteiger charge is -2.36. The molecule has 0 bridgehead atoms. The van der Waals surface area contributed by atoms with Crippen LogP contribution in [0.4, 0.5) is 35.0 Å². The highest BCUT2D eigenvalue weighted by Crippen LogP contribution is 2.37. The summed E-state index contributed by atoms with van der Waals surface area (Å²) in [6.07, 6.45) is 2.51. The second-order valence-corrected chi connectivity index (χ2v) is 9.71. The third kappa shape index (κ3) is 6.50. The molecule has 1 aromatic heterocycles. The molecule has 1 saturated carbocycles. The summed E-state index contributed by atoms with van der Waals surface area (Å²) in [6, 6.07) is 11.6. The molecular formula is C28H30ClF3N4O3. The highest BCUT2D eigenvalue weighted by molar-refractivity contribution is 6.31. The van der Waals surface area contributed by atoms with Gasteiger partial charge in [-0.3, -0.25) is 0 Å². The Morgan fingerprint density at radius 1 is 1.08 bits per heavy atom. The fourth-order valence-corrected chi connectivity index (χ4v) is 5.25. The van der Waals surface area contributed by atoms with E-state index in [0.717, 1.165) is 43.5 Å². The predicted molar refractivity (Wildman–Crippen MR) is 146 cm³/mol. The number of esters is 1. The minimum absolute atomic E-state index is 0.0556. The van der Waals surface area contributed by atoms with Crippen LogP contribution in [0.5, 0.6) is 0 Å². The van der Waals surface area contributed by atoms with Gasteiger partial charge in [0, 0.05) is 30.2 Å². The Kier molecular flexibility index (Phi) is 8.74. The van der Waals surface area contributed by atoms with Gasteiger partial charge in [0.2, 0.25) is 0 Å². The lowest BCUT2D eigenvalue weighted by molar-refractivity contribution is -0.137. The number of nitrogens with one attached hydrogen (secondary N) is 2. The number of halogens is 4. The molecule has 2 N–H and O–H groups in total. The summed E-state index contributed by atoms with van der Waals surface area (Å²) in [5, 5.41) is 4.84. The molecule has 39 heavy (non-hydrogen) atoms. The first-order chi connectivity index (χ1) is 18.6.